The van der Waals surface area contributed by atoms with E-state index in [0.717, 1.165) is 5.56 Å². The predicted octanol–water partition coefficient (Wildman–Crippen LogP) is 0.930. The van der Waals surface area contributed by atoms with Crippen LogP contribution in [0.15, 0.2) is 24.3 Å². The van der Waals surface area contributed by atoms with E-state index in [9.17, 15) is 9.59 Å². The highest BCUT2D eigenvalue weighted by molar-refractivity contribution is 5.97. The summed E-state index contributed by atoms with van der Waals surface area (Å²) in [5, 5.41) is 13.7. The molecule has 0 unspecified atom stereocenters. The quantitative estimate of drug-likeness (QED) is 0.651. The molecule has 0 bridgehead atoms. The number of nitriles is 1. The Hall–Kier alpha value is -2.39. The normalized spacial score (nSPS) is 11.6. The van der Waals surface area contributed by atoms with Gasteiger partial charge in [0.15, 0.2) is 0 Å². The van der Waals surface area contributed by atoms with Crippen molar-refractivity contribution < 1.29 is 9.59 Å². The maximum Gasteiger partial charge on any atom is 0.251 e. The molecule has 1 aromatic carbocycles. The van der Waals surface area contributed by atoms with E-state index in [1.54, 1.807) is 24.3 Å². The summed E-state index contributed by atoms with van der Waals surface area (Å²) in [4.78, 5) is 24.2. The zero-order valence-corrected chi connectivity index (χ0v) is 12.9. The van der Waals surface area contributed by atoms with Crippen LogP contribution in [0.4, 0.5) is 0 Å². The molecule has 0 aliphatic heterocycles. The van der Waals surface area contributed by atoms with Crippen LogP contribution in [-0.2, 0) is 11.3 Å². The van der Waals surface area contributed by atoms with Gasteiger partial charge in [-0.1, -0.05) is 26.0 Å². The van der Waals surface area contributed by atoms with Gasteiger partial charge in [-0.05, 0) is 30.0 Å². The lowest BCUT2D eigenvalue weighted by molar-refractivity contribution is -0.123. The Morgan fingerprint density at radius 3 is 2.41 bits per heavy atom. The topological polar surface area (TPSA) is 108 Å². The molecule has 0 aromatic heterocycles. The second-order valence-electron chi connectivity index (χ2n) is 5.43. The molecule has 118 valence electrons. The lowest BCUT2D eigenvalue weighted by atomic mass is 10.0. The number of amides is 2. The zero-order valence-electron chi connectivity index (χ0n) is 12.9. The van der Waals surface area contributed by atoms with Gasteiger partial charge in [0.2, 0.25) is 5.91 Å². The van der Waals surface area contributed by atoms with Gasteiger partial charge in [0.25, 0.3) is 5.91 Å². The number of hydrogen-bond donors (Lipinski definition) is 3. The first-order valence-electron chi connectivity index (χ1n) is 7.22. The van der Waals surface area contributed by atoms with Gasteiger partial charge in [0, 0.05) is 12.1 Å². The third-order valence-corrected chi connectivity index (χ3v) is 3.12. The van der Waals surface area contributed by atoms with Crippen molar-refractivity contribution in [1.29, 1.82) is 5.26 Å². The molecule has 22 heavy (non-hydrogen) atoms. The highest BCUT2D eigenvalue weighted by Gasteiger charge is 2.22. The fourth-order valence-corrected chi connectivity index (χ4v) is 1.99. The van der Waals surface area contributed by atoms with Gasteiger partial charge in [0.05, 0.1) is 6.07 Å². The Morgan fingerprint density at radius 1 is 1.27 bits per heavy atom. The first kappa shape index (κ1) is 17.7. The van der Waals surface area contributed by atoms with Gasteiger partial charge in [0.1, 0.15) is 12.6 Å². The number of carbonyl (C=O) groups is 2. The van der Waals surface area contributed by atoms with E-state index in [-0.39, 0.29) is 24.3 Å². The maximum atomic E-state index is 12.2. The number of hydrogen-bond acceptors (Lipinski definition) is 4. The standard InChI is InChI=1S/C16H22N4O2/c1-11(2)9-14(16(22)19-8-7-17)20-15(21)13-5-3-12(10-18)4-6-13/h3-6,11,14H,8-10,18H2,1-2H3,(H,19,22)(H,20,21)/t14-/m0/s1. The summed E-state index contributed by atoms with van der Waals surface area (Å²) in [7, 11) is 0. The number of benzene rings is 1. The van der Waals surface area contributed by atoms with Gasteiger partial charge in [-0.25, -0.2) is 0 Å². The number of rotatable bonds is 7. The van der Waals surface area contributed by atoms with Gasteiger partial charge in [-0.15, -0.1) is 0 Å². The Bertz CT molecular complexity index is 546. The van der Waals surface area contributed by atoms with E-state index >= 15 is 0 Å². The Balaban J connectivity index is 2.76. The van der Waals surface area contributed by atoms with Crippen molar-refractivity contribution in [1.82, 2.24) is 10.6 Å². The van der Waals surface area contributed by atoms with Crippen molar-refractivity contribution in [2.75, 3.05) is 6.54 Å². The third kappa shape index (κ3) is 5.54. The van der Waals surface area contributed by atoms with Gasteiger partial charge < -0.3 is 16.4 Å². The first-order valence-corrected chi connectivity index (χ1v) is 7.22. The zero-order chi connectivity index (χ0) is 16.5. The summed E-state index contributed by atoms with van der Waals surface area (Å²) in [5.74, 6) is -0.429. The lowest BCUT2D eigenvalue weighted by Gasteiger charge is -2.19. The minimum absolute atomic E-state index is 0.0749. The SMILES string of the molecule is CC(C)C[C@H](NC(=O)c1ccc(CN)cc1)C(=O)NCC#N. The number of nitrogens with two attached hydrogens (primary N) is 1. The molecule has 0 fully saturated rings. The fraction of sp³-hybridized carbons (Fsp3) is 0.438. The summed E-state index contributed by atoms with van der Waals surface area (Å²) in [6.07, 6.45) is 0.504. The Kier molecular flexibility index (Phi) is 7.06. The fourth-order valence-electron chi connectivity index (χ4n) is 1.99. The van der Waals surface area contributed by atoms with Crippen molar-refractivity contribution in [2.24, 2.45) is 11.7 Å². The van der Waals surface area contributed by atoms with Crippen molar-refractivity contribution in [3.8, 4) is 6.07 Å². The van der Waals surface area contributed by atoms with Crippen molar-refractivity contribution in [3.63, 3.8) is 0 Å². The van der Waals surface area contributed by atoms with Crippen LogP contribution in [0.1, 0.15) is 36.2 Å². The van der Waals surface area contributed by atoms with Crippen LogP contribution in [0.5, 0.6) is 0 Å². The average Bonchev–Trinajstić information content (AvgIpc) is 2.51. The molecule has 0 radical (unpaired) electrons. The number of carbonyl (C=O) groups excluding carboxylic acids is 2. The first-order chi connectivity index (χ1) is 10.5. The molecule has 1 aromatic rings. The molecule has 0 aliphatic rings. The molecule has 6 heteroatoms. The molecule has 6 nitrogen and oxygen atoms in total. The molecular formula is C16H22N4O2. The predicted molar refractivity (Wildman–Crippen MR) is 83.7 cm³/mol. The highest BCUT2D eigenvalue weighted by Crippen LogP contribution is 2.08. The molecule has 4 N–H and O–H groups in total. The number of nitrogens with one attached hydrogen (secondary N) is 2. The molecule has 2 amide bonds. The summed E-state index contributed by atoms with van der Waals surface area (Å²) < 4.78 is 0. The second-order valence-corrected chi connectivity index (χ2v) is 5.43. The summed E-state index contributed by atoms with van der Waals surface area (Å²) in [6.45, 7) is 4.27. The van der Waals surface area contributed by atoms with Crippen LogP contribution in [0, 0.1) is 17.2 Å². The molecular weight excluding hydrogens is 280 g/mol. The molecule has 0 saturated carbocycles. The molecule has 0 saturated heterocycles. The van der Waals surface area contributed by atoms with Crippen molar-refractivity contribution in [3.05, 3.63) is 35.4 Å². The van der Waals surface area contributed by atoms with Crippen LogP contribution < -0.4 is 16.4 Å². The van der Waals surface area contributed by atoms with E-state index < -0.39 is 6.04 Å². The lowest BCUT2D eigenvalue weighted by Crippen LogP contribution is -2.47. The van der Waals surface area contributed by atoms with E-state index in [2.05, 4.69) is 10.6 Å². The number of nitrogens with zero attached hydrogens (tertiary/aromatic N) is 1. The van der Waals surface area contributed by atoms with Crippen molar-refractivity contribution in [2.45, 2.75) is 32.9 Å². The van der Waals surface area contributed by atoms with E-state index in [1.165, 1.54) is 0 Å². The molecule has 0 spiro atoms. The van der Waals surface area contributed by atoms with Gasteiger partial charge in [-0.3, -0.25) is 9.59 Å². The summed E-state index contributed by atoms with van der Waals surface area (Å²) >= 11 is 0. The van der Waals surface area contributed by atoms with Crippen LogP contribution in [0.25, 0.3) is 0 Å². The van der Waals surface area contributed by atoms with E-state index in [1.807, 2.05) is 19.9 Å². The minimum Gasteiger partial charge on any atom is -0.341 e. The summed E-state index contributed by atoms with van der Waals surface area (Å²) in [6, 6.07) is 8.11. The van der Waals surface area contributed by atoms with Gasteiger partial charge >= 0.3 is 0 Å². The van der Waals surface area contributed by atoms with Crippen LogP contribution in [0.3, 0.4) is 0 Å². The van der Waals surface area contributed by atoms with Crippen LogP contribution in [-0.4, -0.2) is 24.4 Å². The highest BCUT2D eigenvalue weighted by atomic mass is 16.2. The third-order valence-electron chi connectivity index (χ3n) is 3.12. The van der Waals surface area contributed by atoms with E-state index in [0.29, 0.717) is 18.5 Å². The molecule has 0 heterocycles. The largest absolute Gasteiger partial charge is 0.341 e. The van der Waals surface area contributed by atoms with Crippen LogP contribution >= 0.6 is 0 Å². The Morgan fingerprint density at radius 2 is 1.91 bits per heavy atom. The Labute approximate surface area is 130 Å². The maximum absolute atomic E-state index is 12.2. The summed E-state index contributed by atoms with van der Waals surface area (Å²) in [5.41, 5.74) is 6.92. The van der Waals surface area contributed by atoms with Crippen LogP contribution in [0.2, 0.25) is 0 Å². The molecule has 1 rings (SSSR count). The minimum atomic E-state index is -0.657. The van der Waals surface area contributed by atoms with Gasteiger partial charge in [-0.2, -0.15) is 5.26 Å². The molecule has 0 aliphatic carbocycles. The monoisotopic (exact) mass is 302 g/mol. The molecule has 1 atom stereocenters. The second kappa shape index (κ2) is 8.80. The van der Waals surface area contributed by atoms with Crippen molar-refractivity contribution >= 4 is 11.8 Å². The smallest absolute Gasteiger partial charge is 0.251 e. The van der Waals surface area contributed by atoms with E-state index in [4.69, 9.17) is 11.0 Å². The average molecular weight is 302 g/mol.